The van der Waals surface area contributed by atoms with Gasteiger partial charge < -0.3 is 15.1 Å². The van der Waals surface area contributed by atoms with E-state index >= 15 is 0 Å². The van der Waals surface area contributed by atoms with Crippen molar-refractivity contribution < 1.29 is 18.4 Å². The Bertz CT molecular complexity index is 875. The summed E-state index contributed by atoms with van der Waals surface area (Å²) in [5.41, 5.74) is 1.18. The molecule has 0 fully saturated rings. The molecule has 3 aromatic rings. The van der Waals surface area contributed by atoms with E-state index in [2.05, 4.69) is 10.6 Å². The number of anilines is 2. The van der Waals surface area contributed by atoms with Crippen LogP contribution in [0, 0.1) is 5.82 Å². The number of carbonyl (C=O) groups is 2. The van der Waals surface area contributed by atoms with Crippen molar-refractivity contribution in [2.24, 2.45) is 0 Å². The van der Waals surface area contributed by atoms with Gasteiger partial charge in [-0.1, -0.05) is 12.1 Å². The zero-order valence-electron chi connectivity index (χ0n) is 12.5. The third-order valence-corrected chi connectivity index (χ3v) is 3.21. The molecule has 24 heavy (non-hydrogen) atoms. The Morgan fingerprint density at radius 2 is 1.54 bits per heavy atom. The number of benzene rings is 2. The minimum atomic E-state index is -0.484. The lowest BCUT2D eigenvalue weighted by molar-refractivity contribution is 0.0995. The van der Waals surface area contributed by atoms with Crippen molar-refractivity contribution in [1.29, 1.82) is 0 Å². The van der Waals surface area contributed by atoms with E-state index in [-0.39, 0.29) is 11.3 Å². The van der Waals surface area contributed by atoms with Gasteiger partial charge in [-0.15, -0.1) is 0 Å². The molecule has 0 aliphatic heterocycles. The van der Waals surface area contributed by atoms with Gasteiger partial charge in [0.05, 0.1) is 6.26 Å². The van der Waals surface area contributed by atoms with Crippen LogP contribution in [0.2, 0.25) is 0 Å². The predicted molar refractivity (Wildman–Crippen MR) is 87.5 cm³/mol. The minimum absolute atomic E-state index is 0.184. The number of nitrogens with one attached hydrogen (secondary N) is 2. The van der Waals surface area contributed by atoms with E-state index in [1.165, 1.54) is 24.5 Å². The van der Waals surface area contributed by atoms with Crippen LogP contribution in [-0.2, 0) is 0 Å². The molecule has 3 rings (SSSR count). The average molecular weight is 324 g/mol. The van der Waals surface area contributed by atoms with Crippen LogP contribution in [0.15, 0.2) is 71.3 Å². The highest BCUT2D eigenvalue weighted by molar-refractivity contribution is 6.05. The lowest BCUT2D eigenvalue weighted by Crippen LogP contribution is -2.13. The van der Waals surface area contributed by atoms with Gasteiger partial charge in [0.2, 0.25) is 0 Å². The summed E-state index contributed by atoms with van der Waals surface area (Å²) in [6.07, 6.45) is 1.41. The van der Waals surface area contributed by atoms with Crippen LogP contribution in [-0.4, -0.2) is 11.8 Å². The maximum Gasteiger partial charge on any atom is 0.291 e. The summed E-state index contributed by atoms with van der Waals surface area (Å²) in [5.74, 6) is -1.14. The number of hydrogen-bond acceptors (Lipinski definition) is 3. The van der Waals surface area contributed by atoms with E-state index in [0.717, 1.165) is 6.07 Å². The Hall–Kier alpha value is -3.41. The van der Waals surface area contributed by atoms with Gasteiger partial charge >= 0.3 is 0 Å². The van der Waals surface area contributed by atoms with Gasteiger partial charge in [-0.3, -0.25) is 9.59 Å². The van der Waals surface area contributed by atoms with Gasteiger partial charge in [0.15, 0.2) is 5.76 Å². The summed E-state index contributed by atoms with van der Waals surface area (Å²) in [4.78, 5) is 24.0. The molecule has 0 unspecified atom stereocenters. The van der Waals surface area contributed by atoms with Crippen molar-refractivity contribution >= 4 is 23.2 Å². The Labute approximate surface area is 137 Å². The molecule has 120 valence electrons. The molecule has 2 N–H and O–H groups in total. The van der Waals surface area contributed by atoms with Crippen LogP contribution in [0.1, 0.15) is 20.9 Å². The zero-order valence-corrected chi connectivity index (χ0v) is 12.5. The van der Waals surface area contributed by atoms with Crippen LogP contribution < -0.4 is 10.6 Å². The molecule has 0 bridgehead atoms. The summed E-state index contributed by atoms with van der Waals surface area (Å²) in [6, 6.07) is 15.2. The summed E-state index contributed by atoms with van der Waals surface area (Å²) >= 11 is 0. The number of furan rings is 1. The standard InChI is InChI=1S/C18H13FN2O3/c19-13-5-1-4-12(10-13)17(22)20-14-6-2-7-15(11-14)21-18(23)16-8-3-9-24-16/h1-11H,(H,20,22)(H,21,23). The normalized spacial score (nSPS) is 10.2. The Balaban J connectivity index is 1.71. The van der Waals surface area contributed by atoms with Crippen LogP contribution in [0.3, 0.4) is 0 Å². The van der Waals surface area contributed by atoms with Crippen molar-refractivity contribution in [2.45, 2.75) is 0 Å². The Kier molecular flexibility index (Phi) is 4.38. The van der Waals surface area contributed by atoms with Gasteiger partial charge in [0.25, 0.3) is 11.8 Å². The van der Waals surface area contributed by atoms with E-state index < -0.39 is 17.6 Å². The molecule has 0 aliphatic carbocycles. The monoisotopic (exact) mass is 324 g/mol. The van der Waals surface area contributed by atoms with E-state index in [0.29, 0.717) is 11.4 Å². The largest absolute Gasteiger partial charge is 0.459 e. The molecule has 6 heteroatoms. The third kappa shape index (κ3) is 3.67. The average Bonchev–Trinajstić information content (AvgIpc) is 3.10. The maximum absolute atomic E-state index is 13.2. The fourth-order valence-corrected chi connectivity index (χ4v) is 2.11. The first kappa shape index (κ1) is 15.5. The van der Waals surface area contributed by atoms with Crippen molar-refractivity contribution in [2.75, 3.05) is 10.6 Å². The second kappa shape index (κ2) is 6.78. The molecule has 0 saturated heterocycles. The topological polar surface area (TPSA) is 71.3 Å². The zero-order chi connectivity index (χ0) is 16.9. The molecule has 0 aliphatic rings. The van der Waals surface area contributed by atoms with Crippen LogP contribution in [0.5, 0.6) is 0 Å². The lowest BCUT2D eigenvalue weighted by Gasteiger charge is -2.08. The molecule has 1 aromatic heterocycles. The van der Waals surface area contributed by atoms with E-state index in [9.17, 15) is 14.0 Å². The maximum atomic E-state index is 13.2. The van der Waals surface area contributed by atoms with Gasteiger partial charge in [0, 0.05) is 16.9 Å². The van der Waals surface area contributed by atoms with Crippen LogP contribution >= 0.6 is 0 Å². The number of amides is 2. The molecule has 0 atom stereocenters. The second-order valence-electron chi connectivity index (χ2n) is 4.98. The van der Waals surface area contributed by atoms with E-state index in [1.54, 1.807) is 36.4 Å². The van der Waals surface area contributed by atoms with Gasteiger partial charge in [-0.05, 0) is 48.5 Å². The summed E-state index contributed by atoms with van der Waals surface area (Å²) in [7, 11) is 0. The Morgan fingerprint density at radius 3 is 2.21 bits per heavy atom. The fourth-order valence-electron chi connectivity index (χ4n) is 2.11. The number of halogens is 1. The quantitative estimate of drug-likeness (QED) is 0.764. The van der Waals surface area contributed by atoms with Gasteiger partial charge in [-0.2, -0.15) is 0 Å². The minimum Gasteiger partial charge on any atom is -0.459 e. The third-order valence-electron chi connectivity index (χ3n) is 3.21. The van der Waals surface area contributed by atoms with Crippen molar-refractivity contribution in [3.8, 4) is 0 Å². The highest BCUT2D eigenvalue weighted by atomic mass is 19.1. The van der Waals surface area contributed by atoms with Crippen molar-refractivity contribution in [3.63, 3.8) is 0 Å². The van der Waals surface area contributed by atoms with Gasteiger partial charge in [0.1, 0.15) is 5.82 Å². The molecular weight excluding hydrogens is 311 g/mol. The molecule has 0 radical (unpaired) electrons. The molecule has 1 heterocycles. The van der Waals surface area contributed by atoms with Crippen LogP contribution in [0.25, 0.3) is 0 Å². The molecule has 0 saturated carbocycles. The van der Waals surface area contributed by atoms with Crippen LogP contribution in [0.4, 0.5) is 15.8 Å². The summed E-state index contributed by atoms with van der Waals surface area (Å²) in [6.45, 7) is 0. The molecule has 2 amide bonds. The van der Waals surface area contributed by atoms with E-state index in [4.69, 9.17) is 4.42 Å². The predicted octanol–water partition coefficient (Wildman–Crippen LogP) is 3.92. The first-order chi connectivity index (χ1) is 11.6. The lowest BCUT2D eigenvalue weighted by atomic mass is 10.2. The first-order valence-corrected chi connectivity index (χ1v) is 7.14. The molecule has 5 nitrogen and oxygen atoms in total. The summed E-state index contributed by atoms with van der Waals surface area (Å²) in [5, 5.41) is 5.32. The SMILES string of the molecule is O=C(Nc1cccc(NC(=O)c2ccco2)c1)c1cccc(F)c1. The molecule has 2 aromatic carbocycles. The number of carbonyl (C=O) groups excluding carboxylic acids is 2. The number of rotatable bonds is 4. The Morgan fingerprint density at radius 1 is 0.833 bits per heavy atom. The van der Waals surface area contributed by atoms with Crippen molar-refractivity contribution in [3.05, 3.63) is 84.1 Å². The molecule has 0 spiro atoms. The number of hydrogen-bond donors (Lipinski definition) is 2. The van der Waals surface area contributed by atoms with Gasteiger partial charge in [-0.25, -0.2) is 4.39 Å². The highest BCUT2D eigenvalue weighted by Crippen LogP contribution is 2.17. The summed E-state index contributed by atoms with van der Waals surface area (Å²) < 4.78 is 18.2. The smallest absolute Gasteiger partial charge is 0.291 e. The fraction of sp³-hybridized carbons (Fsp3) is 0. The first-order valence-electron chi connectivity index (χ1n) is 7.14. The molecular formula is C18H13FN2O3. The van der Waals surface area contributed by atoms with Crippen molar-refractivity contribution in [1.82, 2.24) is 0 Å². The second-order valence-corrected chi connectivity index (χ2v) is 4.98. The highest BCUT2D eigenvalue weighted by Gasteiger charge is 2.10. The van der Waals surface area contributed by atoms with E-state index in [1.807, 2.05) is 0 Å².